The van der Waals surface area contributed by atoms with Crippen LogP contribution < -0.4 is 0 Å². The van der Waals surface area contributed by atoms with E-state index in [4.69, 9.17) is 21.8 Å². The van der Waals surface area contributed by atoms with Crippen molar-refractivity contribution in [2.45, 2.75) is 150 Å². The Hall–Kier alpha value is -0.137. The van der Waals surface area contributed by atoms with Crippen LogP contribution in [0.25, 0.3) is 0 Å². The summed E-state index contributed by atoms with van der Waals surface area (Å²) in [5.74, 6) is 8.53. The molecule has 2 aromatic rings. The average molecular weight is 831 g/mol. The topological polar surface area (TPSA) is 9.23 Å². The summed E-state index contributed by atoms with van der Waals surface area (Å²) in [5.41, 5.74) is 6.70. The first-order chi connectivity index (χ1) is 23.4. The van der Waals surface area contributed by atoms with Gasteiger partial charge in [-0.2, -0.15) is 0 Å². The van der Waals surface area contributed by atoms with E-state index in [1.165, 1.54) is 61.6 Å². The van der Waals surface area contributed by atoms with Crippen molar-refractivity contribution >= 4 is 17.0 Å². The van der Waals surface area contributed by atoms with E-state index in [1.54, 1.807) is 5.56 Å². The summed E-state index contributed by atoms with van der Waals surface area (Å²) in [7, 11) is 11.9. The molecule has 4 aliphatic rings. The van der Waals surface area contributed by atoms with Crippen molar-refractivity contribution in [2.75, 3.05) is 7.11 Å². The third-order valence-electron chi connectivity index (χ3n) is 14.6. The van der Waals surface area contributed by atoms with Gasteiger partial charge in [-0.1, -0.05) is 131 Å². The Morgan fingerprint density at radius 3 is 1.56 bits per heavy atom. The van der Waals surface area contributed by atoms with Crippen molar-refractivity contribution in [2.24, 2.45) is 58.7 Å². The minimum atomic E-state index is -0.826. The fourth-order valence-electron chi connectivity index (χ4n) is 12.0. The van der Waals surface area contributed by atoms with Crippen LogP contribution in [0.1, 0.15) is 155 Å². The van der Waals surface area contributed by atoms with Crippen LogP contribution in [-0.2, 0) is 36.4 Å². The predicted octanol–water partition coefficient (Wildman–Crippen LogP) is 14.9. The predicted molar refractivity (Wildman–Crippen MR) is 226 cm³/mol. The quantitative estimate of drug-likeness (QED) is 0.273. The molecule has 52 heavy (non-hydrogen) atoms. The zero-order valence-corrected chi connectivity index (χ0v) is 39.6. The van der Waals surface area contributed by atoms with Crippen LogP contribution in [0.2, 0.25) is 0 Å². The standard InChI is InChI=1S/C46H70O.2CH3.2ClH.Zr/c1-28-24-38-34(30-16-20-32(21-17-30)44(3,4)5)14-13-15-35(38)36(28)26-37-29(2)25-40-39(37)27-41(46(9,10)11)43(47-12)42(40)31-18-22-33(23-19-31)45(6,7)8;;;;;/h16-23,28-29,34-43H,13-15,24-27H2,1-12H3;2*1H3;2*1H;/q;2*-1;;;+4/p-2. The Kier molecular flexibility index (Phi) is 16.4. The zero-order chi connectivity index (χ0) is 36.8. The molecule has 0 spiro atoms. The summed E-state index contributed by atoms with van der Waals surface area (Å²) in [4.78, 5) is 0. The fourth-order valence-corrected chi connectivity index (χ4v) is 12.0. The molecule has 4 fully saturated rings. The minimum absolute atomic E-state index is 0. The molecule has 0 N–H and O–H groups in total. The van der Waals surface area contributed by atoms with E-state index in [1.807, 2.05) is 7.11 Å². The molecule has 0 bridgehead atoms. The van der Waals surface area contributed by atoms with Gasteiger partial charge in [0.25, 0.3) is 0 Å². The van der Waals surface area contributed by atoms with E-state index in [9.17, 15) is 0 Å². The first-order valence-corrected chi connectivity index (χ1v) is 26.4. The average Bonchev–Trinajstić information content (AvgIpc) is 3.54. The number of rotatable bonds is 5. The van der Waals surface area contributed by atoms with Crippen LogP contribution in [0.15, 0.2) is 48.5 Å². The van der Waals surface area contributed by atoms with Gasteiger partial charge in [-0.05, 0) is 136 Å². The van der Waals surface area contributed by atoms with Crippen molar-refractivity contribution in [1.29, 1.82) is 0 Å². The normalized spacial score (nSPS) is 34.4. The van der Waals surface area contributed by atoms with Crippen LogP contribution in [0.3, 0.4) is 0 Å². The van der Waals surface area contributed by atoms with E-state index in [0.717, 1.165) is 53.3 Å². The molecule has 0 saturated heterocycles. The molecule has 0 amide bonds. The monoisotopic (exact) mass is 828 g/mol. The number of hydrogen-bond acceptors (Lipinski definition) is 1. The van der Waals surface area contributed by atoms with Crippen molar-refractivity contribution < 1.29 is 25.6 Å². The van der Waals surface area contributed by atoms with Gasteiger partial charge in [0.2, 0.25) is 0 Å². The molecule has 1 nitrogen and oxygen atoms in total. The van der Waals surface area contributed by atoms with Gasteiger partial charge in [0.05, 0.1) is 6.10 Å². The Labute approximate surface area is 341 Å². The summed E-state index contributed by atoms with van der Waals surface area (Å²) in [6.45, 7) is 26.7. The van der Waals surface area contributed by atoms with Crippen molar-refractivity contribution in [3.63, 3.8) is 0 Å². The van der Waals surface area contributed by atoms with Gasteiger partial charge in [0, 0.05) is 13.0 Å². The molecule has 292 valence electrons. The van der Waals surface area contributed by atoms with Crippen molar-refractivity contribution in [1.82, 2.24) is 0 Å². The van der Waals surface area contributed by atoms with Crippen LogP contribution >= 0.6 is 17.0 Å². The molecule has 0 heterocycles. The van der Waals surface area contributed by atoms with E-state index >= 15 is 0 Å². The Balaban J connectivity index is 0.00000141. The van der Waals surface area contributed by atoms with Gasteiger partial charge in [-0.3, -0.25) is 0 Å². The second-order valence-electron chi connectivity index (χ2n) is 20.4. The number of fused-ring (bicyclic) bond motifs is 2. The summed E-state index contributed by atoms with van der Waals surface area (Å²) in [6.07, 6.45) is 10.2. The zero-order valence-electron chi connectivity index (χ0n) is 35.7. The maximum absolute atomic E-state index is 6.57. The Morgan fingerprint density at radius 2 is 1.10 bits per heavy atom. The summed E-state index contributed by atoms with van der Waals surface area (Å²) < 4.78 is 6.57. The molecule has 12 atom stereocenters. The SMILES string of the molecule is COC1C(c2ccc(C(C)(C)C)cc2)C2CC(C)C(CC3C(C)CC4C(c5ccc(C(C)(C)C)cc5)CCCC34)C2CC1C(C)(C)C.[CH3-].[CH3-].[Cl][Zr+2][Cl]. The Bertz CT molecular complexity index is 1370. The molecule has 0 aromatic heterocycles. The van der Waals surface area contributed by atoms with E-state index in [2.05, 4.69) is 125 Å². The Morgan fingerprint density at radius 1 is 0.635 bits per heavy atom. The second-order valence-corrected chi connectivity index (χ2v) is 24.2. The molecule has 4 saturated carbocycles. The van der Waals surface area contributed by atoms with Crippen LogP contribution in [0.4, 0.5) is 0 Å². The molecule has 0 aliphatic heterocycles. The number of ether oxygens (including phenoxy) is 1. The van der Waals surface area contributed by atoms with Gasteiger partial charge in [0.1, 0.15) is 0 Å². The van der Waals surface area contributed by atoms with Crippen LogP contribution in [-0.4, -0.2) is 13.2 Å². The van der Waals surface area contributed by atoms with Crippen molar-refractivity contribution in [3.8, 4) is 0 Å². The molecular weight excluding hydrogens is 755 g/mol. The molecule has 12 unspecified atom stereocenters. The third-order valence-corrected chi connectivity index (χ3v) is 14.6. The summed E-state index contributed by atoms with van der Waals surface area (Å²) in [5, 5.41) is 0. The third kappa shape index (κ3) is 9.86. The molecule has 4 aliphatic carbocycles. The second kappa shape index (κ2) is 18.4. The number of hydrogen-bond donors (Lipinski definition) is 0. The van der Waals surface area contributed by atoms with Gasteiger partial charge in [-0.25, -0.2) is 0 Å². The van der Waals surface area contributed by atoms with Gasteiger partial charge >= 0.3 is 37.9 Å². The molecular formula is C48H76Cl2OZr. The van der Waals surface area contributed by atoms with Crippen LogP contribution in [0.5, 0.6) is 0 Å². The summed E-state index contributed by atoms with van der Waals surface area (Å²) >= 11 is -0.826. The molecule has 2 aromatic carbocycles. The number of benzene rings is 2. The number of halogens is 2. The first kappa shape index (κ1) is 46.2. The molecule has 4 heteroatoms. The maximum atomic E-state index is 6.57. The number of methoxy groups -OCH3 is 1. The van der Waals surface area contributed by atoms with E-state index in [-0.39, 0.29) is 31.1 Å². The first-order valence-electron chi connectivity index (χ1n) is 20.1. The van der Waals surface area contributed by atoms with Gasteiger partial charge < -0.3 is 19.6 Å². The van der Waals surface area contributed by atoms with Gasteiger partial charge in [-0.15, -0.1) is 0 Å². The van der Waals surface area contributed by atoms with Crippen LogP contribution in [0, 0.1) is 73.5 Å². The van der Waals surface area contributed by atoms with Crippen molar-refractivity contribution in [3.05, 3.63) is 85.6 Å². The molecule has 0 radical (unpaired) electrons. The fraction of sp³-hybridized carbons (Fsp3) is 0.708. The summed E-state index contributed by atoms with van der Waals surface area (Å²) in [6, 6.07) is 19.7. The van der Waals surface area contributed by atoms with Gasteiger partial charge in [0.15, 0.2) is 0 Å². The van der Waals surface area contributed by atoms with E-state index in [0.29, 0.717) is 17.9 Å². The van der Waals surface area contributed by atoms with E-state index < -0.39 is 20.8 Å². The molecule has 6 rings (SSSR count).